The Morgan fingerprint density at radius 2 is 1.11 bits per heavy atom. The number of hydrogen-bond acceptors (Lipinski definition) is 0. The van der Waals surface area contributed by atoms with Gasteiger partial charge in [-0.25, -0.2) is 12.1 Å². The molecule has 2 aromatic carbocycles. The van der Waals surface area contributed by atoms with E-state index in [-0.39, 0.29) is 23.1 Å². The average molecular weight is 267 g/mol. The first kappa shape index (κ1) is 18.5. The molecule has 0 amide bonds. The molecule has 0 nitrogen and oxygen atoms in total. The van der Waals surface area contributed by atoms with Crippen molar-refractivity contribution in [3.8, 4) is 0 Å². The largest absolute Gasteiger partial charge is 2.00 e. The molecule has 0 saturated heterocycles. The summed E-state index contributed by atoms with van der Waals surface area (Å²) in [6.07, 6.45) is 4.67. The average Bonchev–Trinajstić information content (AvgIpc) is 3.07. The molecule has 0 saturated carbocycles. The van der Waals surface area contributed by atoms with Gasteiger partial charge in [-0.05, 0) is 0 Å². The molecule has 1 heteroatoms. The Hall–Kier alpha value is -0.534. The van der Waals surface area contributed by atoms with Crippen LogP contribution in [0.5, 0.6) is 0 Å². The van der Waals surface area contributed by atoms with Gasteiger partial charge in [0, 0.05) is 0 Å². The van der Waals surface area contributed by atoms with E-state index in [0.717, 1.165) is 0 Å². The molecule has 0 spiro atoms. The van der Waals surface area contributed by atoms with Gasteiger partial charge >= 0.3 is 23.1 Å². The zero-order valence-electron chi connectivity index (χ0n) is 13.0. The zero-order chi connectivity index (χ0) is 13.4. The number of aryl methyl sites for hydroxylation is 4. The maximum Gasteiger partial charge on any atom is 2.00 e. The first-order valence-corrected chi connectivity index (χ1v) is 7.22. The molecule has 0 atom stereocenters. The van der Waals surface area contributed by atoms with E-state index in [2.05, 4.69) is 64.1 Å². The molecule has 19 heavy (non-hydrogen) atoms. The Labute approximate surface area is 135 Å². The van der Waals surface area contributed by atoms with E-state index in [1.807, 2.05) is 0 Å². The second kappa shape index (κ2) is 10.3. The van der Waals surface area contributed by atoms with Crippen molar-refractivity contribution in [2.45, 2.75) is 53.4 Å². The third kappa shape index (κ3) is 6.44. The topological polar surface area (TPSA) is 0 Å². The molecular weight excluding hydrogens is 241 g/mol. The maximum absolute atomic E-state index is 2.28. The van der Waals surface area contributed by atoms with Gasteiger partial charge in [0.1, 0.15) is 0 Å². The van der Waals surface area contributed by atoms with Crippen LogP contribution < -0.4 is 0 Å². The molecule has 2 aromatic rings. The van der Waals surface area contributed by atoms with E-state index in [0.29, 0.717) is 0 Å². The van der Waals surface area contributed by atoms with E-state index in [4.69, 9.17) is 0 Å². The molecule has 0 aliphatic rings. The molecule has 0 fully saturated rings. The van der Waals surface area contributed by atoms with Crippen LogP contribution in [0.25, 0.3) is 0 Å². The van der Waals surface area contributed by atoms with E-state index in [1.165, 1.54) is 47.9 Å². The van der Waals surface area contributed by atoms with Gasteiger partial charge in [-0.15, -0.1) is 0 Å². The van der Waals surface area contributed by atoms with Gasteiger partial charge in [0.15, 0.2) is 0 Å². The minimum absolute atomic E-state index is 0. The van der Waals surface area contributed by atoms with Gasteiger partial charge in [-0.1, -0.05) is 53.4 Å². The van der Waals surface area contributed by atoms with Crippen molar-refractivity contribution in [2.75, 3.05) is 0 Å². The summed E-state index contributed by atoms with van der Waals surface area (Å²) in [4.78, 5) is 0. The number of rotatable bonds is 4. The van der Waals surface area contributed by atoms with Crippen LogP contribution in [-0.4, -0.2) is 23.1 Å². The summed E-state index contributed by atoms with van der Waals surface area (Å²) >= 11 is 0. The van der Waals surface area contributed by atoms with Crippen LogP contribution in [0, 0.1) is 0 Å². The zero-order valence-corrected chi connectivity index (χ0v) is 14.4. The Kier molecular flexibility index (Phi) is 9.99. The minimum Gasteiger partial charge on any atom is -0.210 e. The second-order valence-corrected chi connectivity index (χ2v) is 4.67. The molecule has 0 aliphatic heterocycles. The van der Waals surface area contributed by atoms with Crippen LogP contribution in [0.4, 0.5) is 0 Å². The van der Waals surface area contributed by atoms with E-state index < -0.39 is 0 Å². The van der Waals surface area contributed by atoms with Crippen molar-refractivity contribution in [3.05, 3.63) is 58.7 Å². The molecule has 0 aliphatic carbocycles. The van der Waals surface area contributed by atoms with Crippen LogP contribution in [0.1, 0.15) is 49.9 Å². The third-order valence-electron chi connectivity index (χ3n) is 3.40. The smallest absolute Gasteiger partial charge is 0.210 e. The van der Waals surface area contributed by atoms with E-state index in [1.54, 1.807) is 0 Å². The first-order valence-electron chi connectivity index (χ1n) is 7.22. The second-order valence-electron chi connectivity index (χ2n) is 4.67. The summed E-state index contributed by atoms with van der Waals surface area (Å²) in [6, 6.07) is 13.4. The summed E-state index contributed by atoms with van der Waals surface area (Å²) < 4.78 is 0. The molecule has 100 valence electrons. The molecule has 0 N–H and O–H groups in total. The molecule has 0 unspecified atom stereocenters. The standard InChI is InChI=1S/2C9H13.Mg/c2*1-3-8-5-6-9(4-2)7-8;/h2*5-7H,3-4H2,1-2H3;/q2*-1;+2. The van der Waals surface area contributed by atoms with Crippen molar-refractivity contribution in [1.82, 2.24) is 0 Å². The van der Waals surface area contributed by atoms with Gasteiger partial charge in [0.2, 0.25) is 0 Å². The summed E-state index contributed by atoms with van der Waals surface area (Å²) in [7, 11) is 0. The third-order valence-corrected chi connectivity index (χ3v) is 3.40. The summed E-state index contributed by atoms with van der Waals surface area (Å²) in [5.41, 5.74) is 5.86. The van der Waals surface area contributed by atoms with E-state index in [9.17, 15) is 0 Å². The minimum atomic E-state index is 0. The van der Waals surface area contributed by atoms with Crippen molar-refractivity contribution < 1.29 is 0 Å². The van der Waals surface area contributed by atoms with Crippen molar-refractivity contribution >= 4 is 23.1 Å². The SMILES string of the molecule is CCc1cc[c-](CC)c1.CCc1cc[c-](CC)c1.[Mg+2]. The maximum atomic E-state index is 2.28. The fourth-order valence-electron chi connectivity index (χ4n) is 1.98. The van der Waals surface area contributed by atoms with Crippen molar-refractivity contribution in [2.24, 2.45) is 0 Å². The summed E-state index contributed by atoms with van der Waals surface area (Å²) in [5.74, 6) is 0. The summed E-state index contributed by atoms with van der Waals surface area (Å²) in [6.45, 7) is 8.76. The summed E-state index contributed by atoms with van der Waals surface area (Å²) in [5, 5.41) is 0. The van der Waals surface area contributed by atoms with Crippen molar-refractivity contribution in [1.29, 1.82) is 0 Å². The fourth-order valence-corrected chi connectivity index (χ4v) is 1.98. The normalized spacial score (nSPS) is 9.47. The molecular formula is C18H26Mg. The van der Waals surface area contributed by atoms with Crippen LogP contribution in [0.15, 0.2) is 36.4 Å². The van der Waals surface area contributed by atoms with Gasteiger partial charge in [0.05, 0.1) is 0 Å². The molecule has 2 rings (SSSR count). The molecule has 0 aromatic heterocycles. The Morgan fingerprint density at radius 3 is 1.26 bits per heavy atom. The van der Waals surface area contributed by atoms with Crippen molar-refractivity contribution in [3.63, 3.8) is 0 Å². The predicted octanol–water partition coefficient (Wildman–Crippen LogP) is 4.68. The molecule has 0 heterocycles. The molecule has 0 radical (unpaired) electrons. The van der Waals surface area contributed by atoms with Crippen LogP contribution in [0.3, 0.4) is 0 Å². The van der Waals surface area contributed by atoms with Crippen LogP contribution in [0.2, 0.25) is 0 Å². The fraction of sp³-hybridized carbons (Fsp3) is 0.444. The Balaban J connectivity index is 0.000000324. The van der Waals surface area contributed by atoms with Crippen LogP contribution >= 0.6 is 0 Å². The van der Waals surface area contributed by atoms with Crippen LogP contribution in [-0.2, 0) is 25.7 Å². The Morgan fingerprint density at radius 1 is 0.737 bits per heavy atom. The van der Waals surface area contributed by atoms with Gasteiger partial charge in [0.25, 0.3) is 0 Å². The molecule has 0 bridgehead atoms. The van der Waals surface area contributed by atoms with Gasteiger partial charge in [-0.3, -0.25) is 0 Å². The van der Waals surface area contributed by atoms with E-state index >= 15 is 0 Å². The first-order chi connectivity index (χ1) is 8.73. The van der Waals surface area contributed by atoms with Gasteiger partial charge < -0.3 is 0 Å². The predicted molar refractivity (Wildman–Crippen MR) is 87.3 cm³/mol. The quantitative estimate of drug-likeness (QED) is 0.557. The monoisotopic (exact) mass is 266 g/mol. The Bertz CT molecular complexity index is 355. The number of hydrogen-bond donors (Lipinski definition) is 0. The van der Waals surface area contributed by atoms with Gasteiger partial charge in [-0.2, -0.15) is 46.5 Å².